The van der Waals surface area contributed by atoms with Gasteiger partial charge in [-0.3, -0.25) is 0 Å². The quantitative estimate of drug-likeness (QED) is 0.612. The van der Waals surface area contributed by atoms with Crippen LogP contribution in [0.1, 0.15) is 18.4 Å². The van der Waals surface area contributed by atoms with Gasteiger partial charge in [-0.05, 0) is 23.5 Å². The van der Waals surface area contributed by atoms with Gasteiger partial charge in [-0.15, -0.1) is 0 Å². The van der Waals surface area contributed by atoms with E-state index < -0.39 is 0 Å². The zero-order valence-electron chi connectivity index (χ0n) is 7.66. The molecular formula is C11H13NO. The summed E-state index contributed by atoms with van der Waals surface area (Å²) in [7, 11) is 0. The van der Waals surface area contributed by atoms with Crippen molar-refractivity contribution in [2.75, 3.05) is 12.3 Å². The first-order valence-electron chi connectivity index (χ1n) is 4.79. The molecule has 1 heterocycles. The Bertz CT molecular complexity index is 361. The highest BCUT2D eigenvalue weighted by molar-refractivity contribution is 5.52. The molecule has 2 aliphatic rings. The number of nitrogens with two attached hydrogens (primary N) is 1. The maximum atomic E-state index is 5.70. The molecule has 1 aliphatic heterocycles. The van der Waals surface area contributed by atoms with Gasteiger partial charge in [0, 0.05) is 17.7 Å². The lowest BCUT2D eigenvalue weighted by molar-refractivity contribution is 0.276. The summed E-state index contributed by atoms with van der Waals surface area (Å²) in [6.07, 6.45) is 0. The number of rotatable bonds is 0. The van der Waals surface area contributed by atoms with Crippen LogP contribution >= 0.6 is 0 Å². The zero-order valence-corrected chi connectivity index (χ0v) is 7.66. The van der Waals surface area contributed by atoms with Crippen molar-refractivity contribution in [3.8, 4) is 5.75 Å². The maximum Gasteiger partial charge on any atom is 0.124 e. The van der Waals surface area contributed by atoms with Gasteiger partial charge in [0.15, 0.2) is 0 Å². The summed E-state index contributed by atoms with van der Waals surface area (Å²) in [4.78, 5) is 0. The molecule has 1 aliphatic carbocycles. The number of fused-ring (bicyclic) bond motifs is 3. The van der Waals surface area contributed by atoms with Gasteiger partial charge in [0.2, 0.25) is 0 Å². The number of anilines is 1. The van der Waals surface area contributed by atoms with E-state index in [0.717, 1.165) is 35.8 Å². The molecule has 0 aromatic heterocycles. The average Bonchev–Trinajstić information content (AvgIpc) is 2.77. The molecule has 0 spiro atoms. The number of benzene rings is 1. The van der Waals surface area contributed by atoms with Crippen LogP contribution in [0.4, 0.5) is 5.69 Å². The fourth-order valence-corrected chi connectivity index (χ4v) is 2.45. The molecule has 3 unspecified atom stereocenters. The van der Waals surface area contributed by atoms with Crippen molar-refractivity contribution >= 4 is 5.69 Å². The molecule has 2 N–H and O–H groups in total. The van der Waals surface area contributed by atoms with Crippen LogP contribution in [0.25, 0.3) is 0 Å². The van der Waals surface area contributed by atoms with E-state index in [9.17, 15) is 0 Å². The third-order valence-electron chi connectivity index (χ3n) is 3.39. The molecule has 0 saturated heterocycles. The van der Waals surface area contributed by atoms with E-state index in [1.165, 1.54) is 5.56 Å². The van der Waals surface area contributed by atoms with E-state index in [0.29, 0.717) is 0 Å². The lowest BCUT2D eigenvalue weighted by atomic mass is 10.1. The van der Waals surface area contributed by atoms with Crippen LogP contribution in [-0.4, -0.2) is 6.61 Å². The lowest BCUT2D eigenvalue weighted by Crippen LogP contribution is -2.08. The summed E-state index contributed by atoms with van der Waals surface area (Å²) in [6, 6.07) is 6.02. The molecule has 2 heteroatoms. The van der Waals surface area contributed by atoms with Gasteiger partial charge in [-0.25, -0.2) is 0 Å². The van der Waals surface area contributed by atoms with Gasteiger partial charge >= 0.3 is 0 Å². The minimum atomic E-state index is 0.740. The van der Waals surface area contributed by atoms with Crippen molar-refractivity contribution in [1.82, 2.24) is 0 Å². The third kappa shape index (κ3) is 0.886. The Morgan fingerprint density at radius 3 is 3.15 bits per heavy atom. The minimum absolute atomic E-state index is 0.740. The highest BCUT2D eigenvalue weighted by Crippen LogP contribution is 2.58. The molecule has 1 aromatic rings. The Kier molecular flexibility index (Phi) is 1.22. The van der Waals surface area contributed by atoms with Crippen molar-refractivity contribution in [1.29, 1.82) is 0 Å². The molecule has 1 saturated carbocycles. The summed E-state index contributed by atoms with van der Waals surface area (Å²) in [6.45, 7) is 3.17. The van der Waals surface area contributed by atoms with Crippen LogP contribution in [0.15, 0.2) is 18.2 Å². The van der Waals surface area contributed by atoms with Crippen molar-refractivity contribution in [3.63, 3.8) is 0 Å². The van der Waals surface area contributed by atoms with E-state index in [1.807, 2.05) is 12.1 Å². The van der Waals surface area contributed by atoms with Gasteiger partial charge in [0.1, 0.15) is 5.75 Å². The monoisotopic (exact) mass is 175 g/mol. The normalized spacial score (nSPS) is 34.4. The Hall–Kier alpha value is -1.18. The van der Waals surface area contributed by atoms with E-state index in [4.69, 9.17) is 10.5 Å². The second-order valence-corrected chi connectivity index (χ2v) is 4.16. The van der Waals surface area contributed by atoms with Crippen LogP contribution in [-0.2, 0) is 0 Å². The third-order valence-corrected chi connectivity index (χ3v) is 3.39. The molecule has 0 bridgehead atoms. The standard InChI is InChI=1S/C11H13NO/c1-6-9-5-13-10-4-7(12)2-3-8(10)11(6)9/h2-4,6,9,11H,5,12H2,1H3. The first-order valence-corrected chi connectivity index (χ1v) is 4.79. The largest absolute Gasteiger partial charge is 0.493 e. The summed E-state index contributed by atoms with van der Waals surface area (Å²) >= 11 is 0. The zero-order chi connectivity index (χ0) is 9.00. The topological polar surface area (TPSA) is 35.2 Å². The smallest absolute Gasteiger partial charge is 0.124 e. The highest BCUT2D eigenvalue weighted by atomic mass is 16.5. The number of hydrogen-bond acceptors (Lipinski definition) is 2. The number of hydrogen-bond donors (Lipinski definition) is 1. The predicted octanol–water partition coefficient (Wildman–Crippen LogP) is 2.01. The summed E-state index contributed by atoms with van der Waals surface area (Å²) < 4.78 is 5.65. The maximum absolute atomic E-state index is 5.70. The Morgan fingerprint density at radius 2 is 2.31 bits per heavy atom. The predicted molar refractivity (Wildman–Crippen MR) is 51.7 cm³/mol. The first kappa shape index (κ1) is 7.25. The van der Waals surface area contributed by atoms with Gasteiger partial charge in [0.25, 0.3) is 0 Å². The van der Waals surface area contributed by atoms with Crippen LogP contribution in [0.5, 0.6) is 5.75 Å². The molecule has 68 valence electrons. The Morgan fingerprint density at radius 1 is 1.46 bits per heavy atom. The average molecular weight is 175 g/mol. The van der Waals surface area contributed by atoms with Gasteiger partial charge in [-0.1, -0.05) is 13.0 Å². The van der Waals surface area contributed by atoms with Crippen molar-refractivity contribution in [3.05, 3.63) is 23.8 Å². The molecule has 0 radical (unpaired) electrons. The highest BCUT2D eigenvalue weighted by Gasteiger charge is 2.51. The van der Waals surface area contributed by atoms with Gasteiger partial charge in [-0.2, -0.15) is 0 Å². The van der Waals surface area contributed by atoms with Crippen molar-refractivity contribution in [2.24, 2.45) is 11.8 Å². The molecule has 1 aromatic carbocycles. The Balaban J connectivity index is 2.08. The SMILES string of the molecule is CC1C2COc3cc(N)ccc3C12. The van der Waals surface area contributed by atoms with Crippen LogP contribution in [0, 0.1) is 11.8 Å². The summed E-state index contributed by atoms with van der Waals surface area (Å²) in [5.74, 6) is 3.30. The van der Waals surface area contributed by atoms with Crippen molar-refractivity contribution in [2.45, 2.75) is 12.8 Å². The van der Waals surface area contributed by atoms with Crippen molar-refractivity contribution < 1.29 is 4.74 Å². The fourth-order valence-electron chi connectivity index (χ4n) is 2.45. The first-order chi connectivity index (χ1) is 6.27. The molecule has 3 atom stereocenters. The fraction of sp³-hybridized carbons (Fsp3) is 0.455. The molecule has 3 rings (SSSR count). The molecular weight excluding hydrogens is 162 g/mol. The Labute approximate surface area is 77.7 Å². The second kappa shape index (κ2) is 2.19. The minimum Gasteiger partial charge on any atom is -0.493 e. The van der Waals surface area contributed by atoms with Gasteiger partial charge < -0.3 is 10.5 Å². The van der Waals surface area contributed by atoms with E-state index in [1.54, 1.807) is 0 Å². The summed E-state index contributed by atoms with van der Waals surface area (Å²) in [5, 5.41) is 0. The van der Waals surface area contributed by atoms with E-state index >= 15 is 0 Å². The molecule has 2 nitrogen and oxygen atoms in total. The molecule has 13 heavy (non-hydrogen) atoms. The van der Waals surface area contributed by atoms with Crippen LogP contribution in [0.3, 0.4) is 0 Å². The second-order valence-electron chi connectivity index (χ2n) is 4.16. The van der Waals surface area contributed by atoms with Gasteiger partial charge in [0.05, 0.1) is 6.61 Å². The molecule has 0 amide bonds. The van der Waals surface area contributed by atoms with Crippen LogP contribution in [0.2, 0.25) is 0 Å². The van der Waals surface area contributed by atoms with E-state index in [2.05, 4.69) is 13.0 Å². The lowest BCUT2D eigenvalue weighted by Gasteiger charge is -2.16. The van der Waals surface area contributed by atoms with Crippen LogP contribution < -0.4 is 10.5 Å². The number of nitrogen functional groups attached to an aromatic ring is 1. The van der Waals surface area contributed by atoms with E-state index in [-0.39, 0.29) is 0 Å². The summed E-state index contributed by atoms with van der Waals surface area (Å²) in [5.41, 5.74) is 7.85. The molecule has 1 fully saturated rings. The number of ether oxygens (including phenoxy) is 1.